The number of nitrogens with zero attached hydrogens (tertiary/aromatic N) is 5. The molecule has 0 unspecified atom stereocenters. The van der Waals surface area contributed by atoms with Crippen molar-refractivity contribution < 1.29 is 8.42 Å². The average Bonchev–Trinajstić information content (AvgIpc) is 3.44. The quantitative estimate of drug-likeness (QED) is 0.455. The van der Waals surface area contributed by atoms with Gasteiger partial charge in [-0.25, -0.2) is 23.5 Å². The molecule has 0 spiro atoms. The summed E-state index contributed by atoms with van der Waals surface area (Å²) in [6, 6.07) is 3.76. The van der Waals surface area contributed by atoms with Gasteiger partial charge in [-0.3, -0.25) is 4.98 Å². The third-order valence-corrected chi connectivity index (χ3v) is 7.49. The van der Waals surface area contributed by atoms with Gasteiger partial charge in [-0.1, -0.05) is 12.8 Å². The van der Waals surface area contributed by atoms with Gasteiger partial charge in [0.15, 0.2) is 5.65 Å². The van der Waals surface area contributed by atoms with Crippen LogP contribution in [0.25, 0.3) is 22.6 Å². The highest BCUT2D eigenvalue weighted by Gasteiger charge is 2.26. The van der Waals surface area contributed by atoms with E-state index in [1.54, 1.807) is 12.4 Å². The highest BCUT2D eigenvalue weighted by molar-refractivity contribution is 7.89. The SMILES string of the molecule is Cl.Cl.NC1CCC(Nc2nc(-c3ncccc3S(N)(=O)=O)c3ncn(C4CCCC4)c3n2)CC1. The van der Waals surface area contributed by atoms with E-state index in [9.17, 15) is 8.42 Å². The van der Waals surface area contributed by atoms with Crippen molar-refractivity contribution in [2.75, 3.05) is 5.32 Å². The molecule has 2 aliphatic carbocycles. The van der Waals surface area contributed by atoms with Gasteiger partial charge in [-0.2, -0.15) is 4.98 Å². The molecular formula is C21H30Cl2N8O2S. The van der Waals surface area contributed by atoms with E-state index < -0.39 is 10.0 Å². The first-order valence-electron chi connectivity index (χ1n) is 11.1. The second-order valence-corrected chi connectivity index (χ2v) is 10.3. The summed E-state index contributed by atoms with van der Waals surface area (Å²) in [6.07, 6.45) is 11.6. The number of rotatable bonds is 5. The Kier molecular flexibility index (Phi) is 8.35. The predicted molar refractivity (Wildman–Crippen MR) is 136 cm³/mol. The van der Waals surface area contributed by atoms with Gasteiger partial charge in [0.1, 0.15) is 21.8 Å². The van der Waals surface area contributed by atoms with E-state index in [4.69, 9.17) is 15.9 Å². The first-order chi connectivity index (χ1) is 15.4. The van der Waals surface area contributed by atoms with Crippen LogP contribution in [0.4, 0.5) is 5.95 Å². The fraction of sp³-hybridized carbons (Fsp3) is 0.524. The van der Waals surface area contributed by atoms with Gasteiger partial charge in [0.05, 0.1) is 6.33 Å². The Hall–Kier alpha value is -2.05. The Balaban J connectivity index is 0.00000162. The lowest BCUT2D eigenvalue weighted by atomic mass is 9.92. The molecule has 0 aliphatic heterocycles. The zero-order valence-electron chi connectivity index (χ0n) is 18.6. The summed E-state index contributed by atoms with van der Waals surface area (Å²) in [5.74, 6) is 0.443. The van der Waals surface area contributed by atoms with Crippen LogP contribution in [0, 0.1) is 0 Å². The summed E-state index contributed by atoms with van der Waals surface area (Å²) >= 11 is 0. The number of nitrogens with two attached hydrogens (primary N) is 2. The van der Waals surface area contributed by atoms with Crippen LogP contribution in [-0.4, -0.2) is 45.0 Å². The minimum Gasteiger partial charge on any atom is -0.351 e. The third kappa shape index (κ3) is 5.28. The van der Waals surface area contributed by atoms with Crippen molar-refractivity contribution in [1.82, 2.24) is 24.5 Å². The average molecular weight is 529 g/mol. The summed E-state index contributed by atoms with van der Waals surface area (Å²) < 4.78 is 26.6. The van der Waals surface area contributed by atoms with Gasteiger partial charge >= 0.3 is 0 Å². The van der Waals surface area contributed by atoms with Crippen LogP contribution in [0.1, 0.15) is 57.4 Å². The smallest absolute Gasteiger partial charge is 0.240 e. The third-order valence-electron chi connectivity index (χ3n) is 6.55. The monoisotopic (exact) mass is 528 g/mol. The molecule has 10 nitrogen and oxygen atoms in total. The number of nitrogens with one attached hydrogen (secondary N) is 1. The van der Waals surface area contributed by atoms with Crippen molar-refractivity contribution in [2.45, 2.75) is 74.4 Å². The maximum Gasteiger partial charge on any atom is 0.240 e. The van der Waals surface area contributed by atoms with Gasteiger partial charge in [0.2, 0.25) is 16.0 Å². The Morgan fingerprint density at radius 3 is 2.35 bits per heavy atom. The number of aromatic nitrogens is 5. The molecule has 0 amide bonds. The van der Waals surface area contributed by atoms with Crippen molar-refractivity contribution in [3.63, 3.8) is 0 Å². The van der Waals surface area contributed by atoms with E-state index in [0.29, 0.717) is 28.8 Å². The molecule has 0 saturated heterocycles. The van der Waals surface area contributed by atoms with Crippen LogP contribution in [-0.2, 0) is 10.0 Å². The number of fused-ring (bicyclic) bond motifs is 1. The summed E-state index contributed by atoms with van der Waals surface area (Å²) in [4.78, 5) is 18.3. The molecule has 186 valence electrons. The molecule has 0 atom stereocenters. The topological polar surface area (TPSA) is 155 Å². The molecule has 3 aromatic heterocycles. The number of pyridine rings is 1. The number of sulfonamides is 1. The molecule has 34 heavy (non-hydrogen) atoms. The zero-order valence-corrected chi connectivity index (χ0v) is 21.1. The Labute approximate surface area is 211 Å². The lowest BCUT2D eigenvalue weighted by Gasteiger charge is -2.27. The minimum absolute atomic E-state index is 0. The highest BCUT2D eigenvalue weighted by Crippen LogP contribution is 2.35. The fourth-order valence-electron chi connectivity index (χ4n) is 4.84. The summed E-state index contributed by atoms with van der Waals surface area (Å²) in [6.45, 7) is 0. The first-order valence-corrected chi connectivity index (χ1v) is 12.7. The molecule has 5 rings (SSSR count). The van der Waals surface area contributed by atoms with Gasteiger partial charge in [0, 0.05) is 24.3 Å². The summed E-state index contributed by atoms with van der Waals surface area (Å²) in [5, 5.41) is 8.92. The molecule has 2 fully saturated rings. The second kappa shape index (κ2) is 10.7. The number of hydrogen-bond acceptors (Lipinski definition) is 8. The summed E-state index contributed by atoms with van der Waals surface area (Å²) in [7, 11) is -4.00. The van der Waals surface area contributed by atoms with Gasteiger partial charge in [-0.15, -0.1) is 24.8 Å². The number of halogens is 2. The van der Waals surface area contributed by atoms with Crippen LogP contribution >= 0.6 is 24.8 Å². The number of primary sulfonamides is 1. The van der Waals surface area contributed by atoms with Crippen molar-refractivity contribution in [1.29, 1.82) is 0 Å². The maximum absolute atomic E-state index is 12.3. The normalized spacial score (nSPS) is 21.1. The zero-order chi connectivity index (χ0) is 22.3. The molecular weight excluding hydrogens is 499 g/mol. The summed E-state index contributed by atoms with van der Waals surface area (Å²) in [5.41, 5.74) is 7.81. The largest absolute Gasteiger partial charge is 0.351 e. The number of imidazole rings is 1. The van der Waals surface area contributed by atoms with Crippen molar-refractivity contribution in [3.8, 4) is 11.4 Å². The van der Waals surface area contributed by atoms with Crippen molar-refractivity contribution >= 4 is 51.9 Å². The van der Waals surface area contributed by atoms with E-state index >= 15 is 0 Å². The highest BCUT2D eigenvalue weighted by atomic mass is 35.5. The van der Waals surface area contributed by atoms with Gasteiger partial charge in [0.25, 0.3) is 0 Å². The van der Waals surface area contributed by atoms with E-state index in [1.165, 1.54) is 25.1 Å². The van der Waals surface area contributed by atoms with Crippen LogP contribution < -0.4 is 16.2 Å². The van der Waals surface area contributed by atoms with Gasteiger partial charge < -0.3 is 15.6 Å². The molecule has 5 N–H and O–H groups in total. The van der Waals surface area contributed by atoms with E-state index in [1.807, 2.05) is 0 Å². The lowest BCUT2D eigenvalue weighted by molar-refractivity contribution is 0.410. The Morgan fingerprint density at radius 1 is 0.971 bits per heavy atom. The lowest BCUT2D eigenvalue weighted by Crippen LogP contribution is -2.33. The second-order valence-electron chi connectivity index (χ2n) is 8.81. The van der Waals surface area contributed by atoms with E-state index in [0.717, 1.165) is 38.5 Å². The Morgan fingerprint density at radius 2 is 1.68 bits per heavy atom. The molecule has 0 radical (unpaired) electrons. The Bertz CT molecular complexity index is 1240. The standard InChI is InChI=1S/C21H28N8O2S.2ClH/c22-13-7-9-14(10-8-13)26-21-27-18(17-16(32(23,30)31)6-3-11-24-17)19-20(28-21)29(12-25-19)15-4-1-2-5-15;;/h3,6,11-15H,1-2,4-5,7-10,22H2,(H2,23,30,31)(H,26,27,28);2*1H. The number of anilines is 1. The molecule has 3 aromatic rings. The fourth-order valence-corrected chi connectivity index (χ4v) is 5.53. The molecule has 2 aliphatic rings. The molecule has 0 aromatic carbocycles. The van der Waals surface area contributed by atoms with E-state index in [2.05, 4.69) is 24.8 Å². The van der Waals surface area contributed by atoms with Gasteiger partial charge in [-0.05, 0) is 50.7 Å². The molecule has 2 saturated carbocycles. The first kappa shape index (κ1) is 26.6. The minimum atomic E-state index is -4.00. The maximum atomic E-state index is 12.3. The predicted octanol–water partition coefficient (Wildman–Crippen LogP) is 3.18. The van der Waals surface area contributed by atoms with E-state index in [-0.39, 0.29) is 47.5 Å². The van der Waals surface area contributed by atoms with Crippen molar-refractivity contribution in [3.05, 3.63) is 24.7 Å². The molecule has 13 heteroatoms. The molecule has 0 bridgehead atoms. The van der Waals surface area contributed by atoms with Crippen LogP contribution in [0.5, 0.6) is 0 Å². The van der Waals surface area contributed by atoms with Crippen molar-refractivity contribution in [2.24, 2.45) is 10.9 Å². The van der Waals surface area contributed by atoms with Crippen LogP contribution in [0.2, 0.25) is 0 Å². The van der Waals surface area contributed by atoms with Crippen LogP contribution in [0.15, 0.2) is 29.6 Å². The number of hydrogen-bond donors (Lipinski definition) is 3. The van der Waals surface area contributed by atoms with Crippen LogP contribution in [0.3, 0.4) is 0 Å². The molecule has 3 heterocycles.